The van der Waals surface area contributed by atoms with Crippen molar-refractivity contribution in [3.63, 3.8) is 0 Å². The van der Waals surface area contributed by atoms with Crippen molar-refractivity contribution in [2.24, 2.45) is 5.92 Å². The van der Waals surface area contributed by atoms with Gasteiger partial charge in [0.15, 0.2) is 0 Å². The first-order valence-corrected chi connectivity index (χ1v) is 5.97. The van der Waals surface area contributed by atoms with Gasteiger partial charge >= 0.3 is 0 Å². The number of anilines is 1. The first-order chi connectivity index (χ1) is 7.72. The molecule has 1 unspecified atom stereocenters. The molecule has 16 heavy (non-hydrogen) atoms. The van der Waals surface area contributed by atoms with Gasteiger partial charge in [0.05, 0.1) is 6.07 Å². The molecule has 1 aliphatic rings. The monoisotopic (exact) mass is 214 g/mol. The van der Waals surface area contributed by atoms with Crippen LogP contribution in [0.25, 0.3) is 0 Å². The maximum absolute atomic E-state index is 9.43. The number of rotatable bonds is 4. The lowest BCUT2D eigenvalue weighted by Crippen LogP contribution is -2.38. The first-order valence-electron chi connectivity index (χ1n) is 5.97. The Morgan fingerprint density at radius 2 is 2.12 bits per heavy atom. The molecular weight excluding hydrogens is 196 g/mol. The standard InChI is InChI=1S/C14H18N2/c1-3-14(10-15,12-8-9-12)16-13-7-5-4-6-11(13)2/h4-7,12,16H,3,8-9H2,1-2H3. The molecule has 0 amide bonds. The zero-order valence-corrected chi connectivity index (χ0v) is 9.96. The Kier molecular flexibility index (Phi) is 2.87. The number of benzene rings is 1. The highest BCUT2D eigenvalue weighted by atomic mass is 15.0. The van der Waals surface area contributed by atoms with E-state index in [0.717, 1.165) is 12.1 Å². The Hall–Kier alpha value is -1.49. The average Bonchev–Trinajstić information content (AvgIpc) is 3.13. The summed E-state index contributed by atoms with van der Waals surface area (Å²) in [7, 11) is 0. The lowest BCUT2D eigenvalue weighted by atomic mass is 9.91. The fraction of sp³-hybridized carbons (Fsp3) is 0.500. The van der Waals surface area contributed by atoms with Crippen LogP contribution in [0.15, 0.2) is 24.3 Å². The topological polar surface area (TPSA) is 35.8 Å². The molecule has 0 heterocycles. The van der Waals surface area contributed by atoms with E-state index in [2.05, 4.69) is 37.4 Å². The molecule has 2 rings (SSSR count). The molecule has 84 valence electrons. The number of hydrogen-bond donors (Lipinski definition) is 1. The van der Waals surface area contributed by atoms with E-state index >= 15 is 0 Å². The molecule has 1 N–H and O–H groups in total. The molecule has 1 aromatic carbocycles. The molecule has 1 aromatic rings. The van der Waals surface area contributed by atoms with Gasteiger partial charge in [0.2, 0.25) is 0 Å². The number of nitriles is 1. The van der Waals surface area contributed by atoms with Crippen LogP contribution in [0.1, 0.15) is 31.7 Å². The van der Waals surface area contributed by atoms with Gasteiger partial charge in [0, 0.05) is 5.69 Å². The van der Waals surface area contributed by atoms with Crippen molar-refractivity contribution in [3.8, 4) is 6.07 Å². The Bertz CT molecular complexity index is 415. The minimum atomic E-state index is -0.355. The second-order valence-corrected chi connectivity index (χ2v) is 4.65. The first kappa shape index (κ1) is 11.0. The second-order valence-electron chi connectivity index (χ2n) is 4.65. The number of hydrogen-bond acceptors (Lipinski definition) is 2. The average molecular weight is 214 g/mol. The van der Waals surface area contributed by atoms with Crippen LogP contribution in [0.3, 0.4) is 0 Å². The third-order valence-electron chi connectivity index (χ3n) is 3.53. The van der Waals surface area contributed by atoms with E-state index in [1.54, 1.807) is 0 Å². The third-order valence-corrected chi connectivity index (χ3v) is 3.53. The van der Waals surface area contributed by atoms with Gasteiger partial charge in [0.25, 0.3) is 0 Å². The van der Waals surface area contributed by atoms with Crippen LogP contribution in [-0.2, 0) is 0 Å². The molecule has 0 aliphatic heterocycles. The van der Waals surface area contributed by atoms with E-state index in [9.17, 15) is 5.26 Å². The Morgan fingerprint density at radius 1 is 1.44 bits per heavy atom. The van der Waals surface area contributed by atoms with Crippen LogP contribution >= 0.6 is 0 Å². The minimum Gasteiger partial charge on any atom is -0.367 e. The smallest absolute Gasteiger partial charge is 0.127 e. The van der Waals surface area contributed by atoms with E-state index in [1.165, 1.54) is 18.4 Å². The Morgan fingerprint density at radius 3 is 2.62 bits per heavy atom. The van der Waals surface area contributed by atoms with Crippen molar-refractivity contribution >= 4 is 5.69 Å². The van der Waals surface area contributed by atoms with E-state index in [-0.39, 0.29) is 5.54 Å². The van der Waals surface area contributed by atoms with Crippen LogP contribution in [0.2, 0.25) is 0 Å². The summed E-state index contributed by atoms with van der Waals surface area (Å²) < 4.78 is 0. The highest BCUT2D eigenvalue weighted by molar-refractivity contribution is 5.54. The largest absolute Gasteiger partial charge is 0.367 e. The summed E-state index contributed by atoms with van der Waals surface area (Å²) in [6, 6.07) is 10.7. The molecule has 0 radical (unpaired) electrons. The van der Waals surface area contributed by atoms with Crippen LogP contribution in [-0.4, -0.2) is 5.54 Å². The lowest BCUT2D eigenvalue weighted by Gasteiger charge is -2.28. The van der Waals surface area contributed by atoms with Gasteiger partial charge in [-0.1, -0.05) is 25.1 Å². The number of nitrogens with zero attached hydrogens (tertiary/aromatic N) is 1. The minimum absolute atomic E-state index is 0.355. The SMILES string of the molecule is CCC(C#N)(Nc1ccccc1C)C1CC1. The molecule has 0 bridgehead atoms. The maximum Gasteiger partial charge on any atom is 0.127 e. The fourth-order valence-electron chi connectivity index (χ4n) is 2.21. The van der Waals surface area contributed by atoms with Crippen molar-refractivity contribution in [2.75, 3.05) is 5.32 Å². The quantitative estimate of drug-likeness (QED) is 0.832. The summed E-state index contributed by atoms with van der Waals surface area (Å²) >= 11 is 0. The molecule has 0 saturated heterocycles. The Balaban J connectivity index is 2.25. The zero-order valence-electron chi connectivity index (χ0n) is 9.96. The predicted molar refractivity (Wildman–Crippen MR) is 66.2 cm³/mol. The number of para-hydroxylation sites is 1. The molecular formula is C14H18N2. The van der Waals surface area contributed by atoms with Crippen LogP contribution in [0, 0.1) is 24.2 Å². The van der Waals surface area contributed by atoms with Crippen molar-refractivity contribution in [1.29, 1.82) is 5.26 Å². The Labute approximate surface area is 97.3 Å². The fourth-order valence-corrected chi connectivity index (χ4v) is 2.21. The summed E-state index contributed by atoms with van der Waals surface area (Å²) in [6.07, 6.45) is 3.23. The molecule has 1 atom stereocenters. The van der Waals surface area contributed by atoms with Gasteiger partial charge in [-0.15, -0.1) is 0 Å². The van der Waals surface area contributed by atoms with Gasteiger partial charge in [-0.3, -0.25) is 0 Å². The van der Waals surface area contributed by atoms with Crippen molar-refractivity contribution in [3.05, 3.63) is 29.8 Å². The summed E-state index contributed by atoms with van der Waals surface area (Å²) in [6.45, 7) is 4.17. The second kappa shape index (κ2) is 4.17. The van der Waals surface area contributed by atoms with Crippen LogP contribution < -0.4 is 5.32 Å². The summed E-state index contributed by atoms with van der Waals surface area (Å²) in [4.78, 5) is 0. The van der Waals surface area contributed by atoms with Gasteiger partial charge in [-0.2, -0.15) is 5.26 Å². The van der Waals surface area contributed by atoms with Crippen molar-refractivity contribution in [1.82, 2.24) is 0 Å². The van der Waals surface area contributed by atoms with Crippen LogP contribution in [0.5, 0.6) is 0 Å². The molecule has 0 spiro atoms. The maximum atomic E-state index is 9.43. The number of aryl methyl sites for hydroxylation is 1. The highest BCUT2D eigenvalue weighted by Gasteiger charge is 2.44. The van der Waals surface area contributed by atoms with E-state index < -0.39 is 0 Å². The van der Waals surface area contributed by atoms with Crippen LogP contribution in [0.4, 0.5) is 5.69 Å². The molecule has 0 aromatic heterocycles. The van der Waals surface area contributed by atoms with E-state index in [4.69, 9.17) is 0 Å². The van der Waals surface area contributed by atoms with E-state index in [0.29, 0.717) is 5.92 Å². The summed E-state index contributed by atoms with van der Waals surface area (Å²) in [5, 5.41) is 12.9. The highest BCUT2D eigenvalue weighted by Crippen LogP contribution is 2.43. The third kappa shape index (κ3) is 1.90. The molecule has 2 nitrogen and oxygen atoms in total. The summed E-state index contributed by atoms with van der Waals surface area (Å²) in [5.41, 5.74) is 1.94. The molecule has 1 aliphatic carbocycles. The normalized spacial score (nSPS) is 18.6. The predicted octanol–water partition coefficient (Wildman–Crippen LogP) is 3.49. The molecule has 1 saturated carbocycles. The van der Waals surface area contributed by atoms with Gasteiger partial charge in [-0.25, -0.2) is 0 Å². The van der Waals surface area contributed by atoms with Gasteiger partial charge in [-0.05, 0) is 43.7 Å². The zero-order chi connectivity index (χ0) is 11.6. The summed E-state index contributed by atoms with van der Waals surface area (Å²) in [5.74, 6) is 0.530. The van der Waals surface area contributed by atoms with E-state index in [1.807, 2.05) is 12.1 Å². The van der Waals surface area contributed by atoms with Crippen molar-refractivity contribution in [2.45, 2.75) is 38.6 Å². The number of nitrogens with one attached hydrogen (secondary N) is 1. The van der Waals surface area contributed by atoms with Crippen molar-refractivity contribution < 1.29 is 0 Å². The van der Waals surface area contributed by atoms with Gasteiger partial charge < -0.3 is 5.32 Å². The molecule has 1 fully saturated rings. The van der Waals surface area contributed by atoms with Gasteiger partial charge in [0.1, 0.15) is 5.54 Å². The molecule has 2 heteroatoms. The lowest BCUT2D eigenvalue weighted by molar-refractivity contribution is 0.499.